The number of amides is 2. The summed E-state index contributed by atoms with van der Waals surface area (Å²) in [6.45, 7) is 10.5. The molecule has 0 spiro atoms. The number of carboxylic acid groups (broad SMARTS) is 1. The molecule has 280 valence electrons. The number of methoxy groups -OCH3 is 1. The van der Waals surface area contributed by atoms with E-state index in [2.05, 4.69) is 37.9 Å². The topological polar surface area (TPSA) is 125 Å². The van der Waals surface area contributed by atoms with Crippen LogP contribution in [0.3, 0.4) is 0 Å². The average Bonchev–Trinajstić information content (AvgIpc) is 3.64. The highest BCUT2D eigenvalue weighted by atomic mass is 32.1. The SMILES string of the molecule is CCC[C@H]1CC[C@H](C2CCN(c3cnc(-c4ccc(C[C@H](NC(=O)c5ccc(C(C)(C)C)s5)C(=O)N5CC(OC)(C(=O)O)C5)cc4)nc3)CC2)CC1. The second kappa shape index (κ2) is 16.0. The molecule has 2 saturated heterocycles. The molecule has 4 heterocycles. The van der Waals surface area contributed by atoms with Crippen LogP contribution in [0.15, 0.2) is 48.8 Å². The van der Waals surface area contributed by atoms with Crippen molar-refractivity contribution in [1.82, 2.24) is 20.2 Å². The van der Waals surface area contributed by atoms with Gasteiger partial charge in [0.15, 0.2) is 11.4 Å². The summed E-state index contributed by atoms with van der Waals surface area (Å²) in [5, 5.41) is 12.6. The van der Waals surface area contributed by atoms with E-state index < -0.39 is 17.6 Å². The van der Waals surface area contributed by atoms with E-state index in [1.54, 1.807) is 6.07 Å². The van der Waals surface area contributed by atoms with E-state index in [0.29, 0.717) is 10.7 Å². The number of anilines is 1. The maximum absolute atomic E-state index is 13.7. The minimum absolute atomic E-state index is 0.0818. The van der Waals surface area contributed by atoms with Gasteiger partial charge in [-0.15, -0.1) is 11.3 Å². The first kappa shape index (κ1) is 37.9. The number of nitrogens with one attached hydrogen (secondary N) is 1. The molecule has 1 atom stereocenters. The maximum Gasteiger partial charge on any atom is 0.339 e. The molecular weight excluding hydrogens is 675 g/mol. The molecule has 0 radical (unpaired) electrons. The number of aromatic nitrogens is 2. The number of rotatable bonds is 12. The third-order valence-corrected chi connectivity index (χ3v) is 13.1. The first-order valence-corrected chi connectivity index (χ1v) is 19.9. The van der Waals surface area contributed by atoms with Crippen LogP contribution in [0.5, 0.6) is 0 Å². The van der Waals surface area contributed by atoms with Crippen LogP contribution in [0.25, 0.3) is 11.4 Å². The Morgan fingerprint density at radius 3 is 2.15 bits per heavy atom. The molecule has 6 rings (SSSR count). The Kier molecular flexibility index (Phi) is 11.7. The Hall–Kier alpha value is -3.83. The lowest BCUT2D eigenvalue weighted by Gasteiger charge is -2.46. The summed E-state index contributed by atoms with van der Waals surface area (Å²) in [7, 11) is 1.33. The van der Waals surface area contributed by atoms with Gasteiger partial charge in [0.2, 0.25) is 5.91 Å². The highest BCUT2D eigenvalue weighted by Crippen LogP contribution is 2.40. The zero-order valence-corrected chi connectivity index (χ0v) is 32.2. The van der Waals surface area contributed by atoms with Crippen LogP contribution >= 0.6 is 11.3 Å². The fraction of sp³-hybridized carbons (Fsp3) is 0.585. The smallest absolute Gasteiger partial charge is 0.339 e. The van der Waals surface area contributed by atoms with E-state index in [9.17, 15) is 19.5 Å². The maximum atomic E-state index is 13.7. The average molecular weight is 730 g/mol. The van der Waals surface area contributed by atoms with Crippen molar-refractivity contribution in [2.75, 3.05) is 38.2 Å². The van der Waals surface area contributed by atoms with Crippen molar-refractivity contribution in [3.05, 3.63) is 64.1 Å². The number of thiophene rings is 1. The van der Waals surface area contributed by atoms with E-state index in [4.69, 9.17) is 14.7 Å². The third kappa shape index (κ3) is 8.52. The lowest BCUT2D eigenvalue weighted by Crippen LogP contribution is -2.70. The number of benzene rings is 1. The first-order valence-electron chi connectivity index (χ1n) is 19.0. The van der Waals surface area contributed by atoms with Gasteiger partial charge in [-0.2, -0.15) is 0 Å². The Balaban J connectivity index is 1.08. The van der Waals surface area contributed by atoms with Crippen molar-refractivity contribution >= 4 is 34.8 Å². The van der Waals surface area contributed by atoms with E-state index >= 15 is 0 Å². The van der Waals surface area contributed by atoms with E-state index in [-0.39, 0.29) is 36.7 Å². The monoisotopic (exact) mass is 729 g/mol. The van der Waals surface area contributed by atoms with Crippen molar-refractivity contribution in [2.45, 2.75) is 103 Å². The lowest BCUT2D eigenvalue weighted by molar-refractivity contribution is -0.188. The van der Waals surface area contributed by atoms with Crippen molar-refractivity contribution in [3.8, 4) is 11.4 Å². The minimum Gasteiger partial charge on any atom is -0.479 e. The van der Waals surface area contributed by atoms with Gasteiger partial charge in [0.1, 0.15) is 6.04 Å². The van der Waals surface area contributed by atoms with Crippen molar-refractivity contribution in [1.29, 1.82) is 0 Å². The van der Waals surface area contributed by atoms with Gasteiger partial charge >= 0.3 is 5.97 Å². The number of nitrogens with zero attached hydrogens (tertiary/aromatic N) is 4. The van der Waals surface area contributed by atoms with Crippen molar-refractivity contribution < 1.29 is 24.2 Å². The molecule has 3 aromatic rings. The minimum atomic E-state index is -1.43. The van der Waals surface area contributed by atoms with Crippen LogP contribution in [-0.2, 0) is 26.2 Å². The largest absolute Gasteiger partial charge is 0.479 e. The molecule has 2 N–H and O–H groups in total. The van der Waals surface area contributed by atoms with Crippen molar-refractivity contribution in [2.24, 2.45) is 17.8 Å². The molecule has 11 heteroatoms. The molecule has 1 aromatic carbocycles. The van der Waals surface area contributed by atoms with Gasteiger partial charge in [0.05, 0.1) is 36.0 Å². The van der Waals surface area contributed by atoms with Gasteiger partial charge < -0.3 is 25.0 Å². The zero-order valence-electron chi connectivity index (χ0n) is 31.4. The second-order valence-corrected chi connectivity index (χ2v) is 17.3. The summed E-state index contributed by atoms with van der Waals surface area (Å²) < 4.78 is 5.24. The van der Waals surface area contributed by atoms with Crippen LogP contribution in [-0.4, -0.2) is 82.7 Å². The van der Waals surface area contributed by atoms with Crippen LogP contribution in [0, 0.1) is 17.8 Å². The zero-order chi connectivity index (χ0) is 37.0. The summed E-state index contributed by atoms with van der Waals surface area (Å²) in [6, 6.07) is 10.6. The molecule has 2 aromatic heterocycles. The van der Waals surface area contributed by atoms with E-state index in [1.165, 1.54) is 74.7 Å². The summed E-state index contributed by atoms with van der Waals surface area (Å²) >= 11 is 1.41. The number of aliphatic carboxylic acids is 1. The van der Waals surface area contributed by atoms with Gasteiger partial charge in [-0.1, -0.05) is 77.6 Å². The summed E-state index contributed by atoms with van der Waals surface area (Å²) in [5.41, 5.74) is 1.24. The fourth-order valence-corrected chi connectivity index (χ4v) is 9.20. The summed E-state index contributed by atoms with van der Waals surface area (Å²) in [5.74, 6) is 1.53. The van der Waals surface area contributed by atoms with Crippen LogP contribution in [0.1, 0.15) is 99.2 Å². The number of hydrogen-bond acceptors (Lipinski definition) is 8. The number of ether oxygens (including phenoxy) is 1. The number of likely N-dealkylation sites (tertiary alicyclic amines) is 1. The lowest BCUT2D eigenvalue weighted by atomic mass is 9.72. The number of carbonyl (C=O) groups is 3. The Morgan fingerprint density at radius 2 is 1.60 bits per heavy atom. The standard InChI is InChI=1S/C41H55N5O5S/c1-6-7-27-8-12-29(13-9-27)30-18-20-45(21-19-30)32-23-42-36(43-24-32)31-14-10-28(11-15-31)22-33(38(48)46-25-41(26-46,51-5)39(49)50)44-37(47)34-16-17-35(52-34)40(2,3)4/h10-11,14-17,23-24,27,29-30,33H,6-9,12-13,18-22,25-26H2,1-5H3,(H,44,47)(H,49,50)/t27-,29-,33-/m0/s1. The molecule has 3 aliphatic rings. The normalized spacial score (nSPS) is 21.3. The molecule has 3 fully saturated rings. The summed E-state index contributed by atoms with van der Waals surface area (Å²) in [4.78, 5) is 53.8. The van der Waals surface area contributed by atoms with Crippen LogP contribution < -0.4 is 10.2 Å². The molecule has 0 bridgehead atoms. The Labute approximate surface area is 312 Å². The molecule has 1 aliphatic carbocycles. The van der Waals surface area contributed by atoms with Crippen LogP contribution in [0.4, 0.5) is 5.69 Å². The number of carbonyl (C=O) groups excluding carboxylic acids is 2. The fourth-order valence-electron chi connectivity index (χ4n) is 8.24. The van der Waals surface area contributed by atoms with Gasteiger partial charge in [0.25, 0.3) is 5.91 Å². The van der Waals surface area contributed by atoms with Gasteiger partial charge in [0, 0.05) is 37.1 Å². The van der Waals surface area contributed by atoms with Crippen LogP contribution in [0.2, 0.25) is 0 Å². The van der Waals surface area contributed by atoms with E-state index in [0.717, 1.165) is 52.5 Å². The number of carboxylic acids is 1. The predicted octanol–water partition coefficient (Wildman–Crippen LogP) is 6.98. The molecule has 2 aliphatic heterocycles. The molecule has 10 nitrogen and oxygen atoms in total. The Bertz CT molecular complexity index is 1680. The third-order valence-electron chi connectivity index (χ3n) is 11.6. The van der Waals surface area contributed by atoms with Gasteiger partial charge in [-0.3, -0.25) is 9.59 Å². The number of hydrogen-bond donors (Lipinski definition) is 2. The quantitative estimate of drug-likeness (QED) is 0.205. The highest BCUT2D eigenvalue weighted by Gasteiger charge is 2.53. The molecule has 2 amide bonds. The first-order chi connectivity index (χ1) is 24.9. The molecule has 1 saturated carbocycles. The van der Waals surface area contributed by atoms with Gasteiger partial charge in [-0.25, -0.2) is 14.8 Å². The van der Waals surface area contributed by atoms with Crippen molar-refractivity contribution in [3.63, 3.8) is 0 Å². The second-order valence-electron chi connectivity index (χ2n) is 16.2. The molecule has 0 unspecified atom stereocenters. The highest BCUT2D eigenvalue weighted by molar-refractivity contribution is 7.14. The van der Waals surface area contributed by atoms with E-state index in [1.807, 2.05) is 42.7 Å². The number of piperidine rings is 1. The summed E-state index contributed by atoms with van der Waals surface area (Å²) in [6.07, 6.45) is 14.9. The molecular formula is C41H55N5O5S. The molecule has 52 heavy (non-hydrogen) atoms. The predicted molar refractivity (Wildman–Crippen MR) is 205 cm³/mol. The van der Waals surface area contributed by atoms with Gasteiger partial charge in [-0.05, 0) is 66.5 Å². The Morgan fingerprint density at radius 1 is 0.962 bits per heavy atom.